The van der Waals surface area contributed by atoms with Crippen molar-refractivity contribution >= 4 is 11.6 Å². The molecule has 0 unspecified atom stereocenters. The summed E-state index contributed by atoms with van der Waals surface area (Å²) in [5.74, 6) is 1.64. The van der Waals surface area contributed by atoms with Crippen LogP contribution >= 0.6 is 11.6 Å². The zero-order chi connectivity index (χ0) is 32.9. The lowest BCUT2D eigenvalue weighted by Crippen LogP contribution is -2.15. The minimum Gasteiger partial charge on any atom is -0.491 e. The van der Waals surface area contributed by atoms with Crippen molar-refractivity contribution in [3.05, 3.63) is 29.8 Å². The summed E-state index contributed by atoms with van der Waals surface area (Å²) >= 11 is 5.66. The highest BCUT2D eigenvalue weighted by molar-refractivity contribution is 6.17. The molecule has 1 rings (SSSR count). The fourth-order valence-electron chi connectivity index (χ4n) is 4.37. The summed E-state index contributed by atoms with van der Waals surface area (Å²) in [5.41, 5.74) is 1.38. The topological polar surface area (TPSA) is 83.1 Å². The van der Waals surface area contributed by atoms with Gasteiger partial charge in [-0.05, 0) is 43.4 Å². The Morgan fingerprint density at radius 2 is 0.761 bits per heavy atom. The van der Waals surface area contributed by atoms with E-state index in [0.717, 1.165) is 37.5 Å². The summed E-state index contributed by atoms with van der Waals surface area (Å²) < 4.78 is 49.9. The third kappa shape index (κ3) is 31.6. The van der Waals surface area contributed by atoms with Crippen LogP contribution in [0.1, 0.15) is 76.7 Å². The smallest absolute Gasteiger partial charge is 0.119 e. The Morgan fingerprint density at radius 1 is 0.391 bits per heavy atom. The first-order chi connectivity index (χ1) is 22.9. The summed E-state index contributed by atoms with van der Waals surface area (Å²) in [6.45, 7) is 11.8. The van der Waals surface area contributed by atoms with Gasteiger partial charge in [0.25, 0.3) is 0 Å². The number of unbranched alkanes of at least 4 members (excludes halogenated alkanes) is 8. The molecule has 0 bridgehead atoms. The monoisotopic (exact) mass is 676 g/mol. The molecule has 0 aliphatic carbocycles. The molecule has 0 heterocycles. The van der Waals surface area contributed by atoms with Gasteiger partial charge >= 0.3 is 0 Å². The first kappa shape index (κ1) is 43.0. The van der Waals surface area contributed by atoms with E-state index in [-0.39, 0.29) is 0 Å². The Hall–Kier alpha value is -1.01. The Balaban J connectivity index is 1.70. The molecule has 0 atom stereocenters. The number of ether oxygens (including phenoxy) is 9. The van der Waals surface area contributed by atoms with Crippen molar-refractivity contribution in [2.45, 2.75) is 77.6 Å². The van der Waals surface area contributed by atoms with Crippen LogP contribution in [0.5, 0.6) is 5.75 Å². The summed E-state index contributed by atoms with van der Waals surface area (Å²) in [4.78, 5) is 0. The minimum absolute atomic E-state index is 0.528. The van der Waals surface area contributed by atoms with Crippen molar-refractivity contribution in [1.82, 2.24) is 0 Å². The molecule has 1 aromatic carbocycles. The lowest BCUT2D eigenvalue weighted by atomic mass is 10.0. The van der Waals surface area contributed by atoms with Gasteiger partial charge in [-0.3, -0.25) is 0 Å². The molecule has 0 aliphatic heterocycles. The predicted octanol–water partition coefficient (Wildman–Crippen LogP) is 6.90. The van der Waals surface area contributed by atoms with Gasteiger partial charge in [0.05, 0.1) is 99.1 Å². The molecule has 0 radical (unpaired) electrons. The fourth-order valence-corrected chi connectivity index (χ4v) is 4.56. The minimum atomic E-state index is 0.528. The van der Waals surface area contributed by atoms with E-state index in [4.69, 9.17) is 54.2 Å². The van der Waals surface area contributed by atoms with Gasteiger partial charge in [-0.2, -0.15) is 0 Å². The van der Waals surface area contributed by atoms with Gasteiger partial charge in [-0.25, -0.2) is 0 Å². The molecular weight excluding hydrogens is 612 g/mol. The van der Waals surface area contributed by atoms with E-state index in [9.17, 15) is 0 Å². The molecule has 0 spiro atoms. The highest BCUT2D eigenvalue weighted by Crippen LogP contribution is 2.15. The molecule has 0 amide bonds. The molecule has 0 saturated heterocycles. The van der Waals surface area contributed by atoms with Gasteiger partial charge in [0.2, 0.25) is 0 Å². The van der Waals surface area contributed by atoms with Gasteiger partial charge in [-0.15, -0.1) is 11.6 Å². The Labute approximate surface area is 285 Å². The van der Waals surface area contributed by atoms with Crippen molar-refractivity contribution in [3.63, 3.8) is 0 Å². The molecule has 0 N–H and O–H groups in total. The van der Waals surface area contributed by atoms with Gasteiger partial charge in [-0.1, -0.05) is 64.0 Å². The Bertz CT molecular complexity index is 711. The zero-order valence-electron chi connectivity index (χ0n) is 28.9. The zero-order valence-corrected chi connectivity index (χ0v) is 29.6. The van der Waals surface area contributed by atoms with E-state index in [1.165, 1.54) is 56.9 Å². The van der Waals surface area contributed by atoms with Crippen LogP contribution in [0, 0.1) is 0 Å². The van der Waals surface area contributed by atoms with Crippen molar-refractivity contribution in [2.24, 2.45) is 0 Å². The molecule has 10 heteroatoms. The van der Waals surface area contributed by atoms with Crippen LogP contribution in [-0.2, 0) is 44.3 Å². The summed E-state index contributed by atoms with van der Waals surface area (Å²) in [7, 11) is 0. The maximum atomic E-state index is 5.77. The lowest BCUT2D eigenvalue weighted by molar-refractivity contribution is -0.0236. The summed E-state index contributed by atoms with van der Waals surface area (Å²) in [5, 5.41) is 0. The first-order valence-corrected chi connectivity index (χ1v) is 18.3. The highest BCUT2D eigenvalue weighted by Gasteiger charge is 1.99. The number of hydrogen-bond donors (Lipinski definition) is 0. The highest BCUT2D eigenvalue weighted by atomic mass is 35.5. The second-order valence-corrected chi connectivity index (χ2v) is 11.4. The number of hydrogen-bond acceptors (Lipinski definition) is 9. The van der Waals surface area contributed by atoms with Gasteiger partial charge in [0.15, 0.2) is 0 Å². The van der Waals surface area contributed by atoms with Crippen molar-refractivity contribution in [2.75, 3.05) is 118 Å². The Morgan fingerprint density at radius 3 is 1.22 bits per heavy atom. The Kier molecular flexibility index (Phi) is 34.4. The fraction of sp³-hybridized carbons (Fsp3) is 0.833. The predicted molar refractivity (Wildman–Crippen MR) is 185 cm³/mol. The number of benzene rings is 1. The number of alkyl halides is 1. The van der Waals surface area contributed by atoms with Crippen molar-refractivity contribution in [3.8, 4) is 5.75 Å². The summed E-state index contributed by atoms with van der Waals surface area (Å²) in [6.07, 6.45) is 13.6. The molecule has 1 aromatic rings. The second-order valence-electron chi connectivity index (χ2n) is 11.0. The lowest BCUT2D eigenvalue weighted by Gasteiger charge is -2.09. The van der Waals surface area contributed by atoms with Gasteiger partial charge in [0, 0.05) is 12.5 Å². The van der Waals surface area contributed by atoms with Crippen molar-refractivity contribution < 1.29 is 42.6 Å². The van der Waals surface area contributed by atoms with E-state index < -0.39 is 0 Å². The normalized spacial score (nSPS) is 11.4. The SMILES string of the molecule is CCCCCCCCc1ccc(OCCOCCOCCOCCOCCOCCOCCOCCOCCCCCCCl)cc1. The van der Waals surface area contributed by atoms with Crippen LogP contribution in [0.25, 0.3) is 0 Å². The van der Waals surface area contributed by atoms with Crippen LogP contribution in [0.15, 0.2) is 24.3 Å². The third-order valence-corrected chi connectivity index (χ3v) is 7.28. The third-order valence-electron chi connectivity index (χ3n) is 7.02. The van der Waals surface area contributed by atoms with Crippen LogP contribution in [0.3, 0.4) is 0 Å². The average molecular weight is 677 g/mol. The molecule has 46 heavy (non-hydrogen) atoms. The van der Waals surface area contributed by atoms with Gasteiger partial charge < -0.3 is 42.6 Å². The average Bonchev–Trinajstić information content (AvgIpc) is 3.08. The first-order valence-electron chi connectivity index (χ1n) is 17.8. The number of rotatable bonds is 38. The van der Waals surface area contributed by atoms with Crippen LogP contribution in [0.2, 0.25) is 0 Å². The van der Waals surface area contributed by atoms with Crippen LogP contribution in [0.4, 0.5) is 0 Å². The second kappa shape index (κ2) is 36.8. The molecule has 9 nitrogen and oxygen atoms in total. The van der Waals surface area contributed by atoms with E-state index in [2.05, 4.69) is 31.2 Å². The van der Waals surface area contributed by atoms with Crippen LogP contribution in [-0.4, -0.2) is 118 Å². The molecular formula is C36H65ClO9. The molecule has 0 aliphatic rings. The van der Waals surface area contributed by atoms with E-state index in [0.29, 0.717) is 106 Å². The standard InChI is InChI=1S/C36H65ClO9/c1-2-3-4-5-6-9-12-35-13-15-36(16-14-35)46-34-33-45-32-31-44-30-29-43-28-27-42-26-25-41-24-23-40-22-21-39-20-19-38-18-11-8-7-10-17-37/h13-16H,2-12,17-34H2,1H3. The maximum Gasteiger partial charge on any atom is 0.119 e. The van der Waals surface area contributed by atoms with E-state index in [1.54, 1.807) is 0 Å². The number of halogens is 1. The van der Waals surface area contributed by atoms with Crippen LogP contribution < -0.4 is 4.74 Å². The van der Waals surface area contributed by atoms with E-state index >= 15 is 0 Å². The van der Waals surface area contributed by atoms with Crippen molar-refractivity contribution in [1.29, 1.82) is 0 Å². The summed E-state index contributed by atoms with van der Waals surface area (Å²) in [6, 6.07) is 8.45. The molecule has 0 aromatic heterocycles. The molecule has 270 valence electrons. The molecule has 0 fully saturated rings. The van der Waals surface area contributed by atoms with E-state index in [1.807, 2.05) is 0 Å². The van der Waals surface area contributed by atoms with Gasteiger partial charge in [0.1, 0.15) is 12.4 Å². The maximum absolute atomic E-state index is 5.77. The molecule has 0 saturated carbocycles. The quantitative estimate of drug-likeness (QED) is 0.0549. The largest absolute Gasteiger partial charge is 0.491 e. The number of aryl methyl sites for hydroxylation is 1.